The molecule has 2 aromatic rings. The Kier molecular flexibility index (Phi) is 5.23. The highest BCUT2D eigenvalue weighted by molar-refractivity contribution is 5.45. The minimum atomic E-state index is -0.525. The van der Waals surface area contributed by atoms with Crippen molar-refractivity contribution in [3.63, 3.8) is 0 Å². The van der Waals surface area contributed by atoms with Crippen LogP contribution in [0.4, 0.5) is 5.69 Å². The quantitative estimate of drug-likeness (QED) is 0.879. The second kappa shape index (κ2) is 7.14. The summed E-state index contributed by atoms with van der Waals surface area (Å²) in [5.74, 6) is 0.831. The van der Waals surface area contributed by atoms with E-state index in [-0.39, 0.29) is 6.10 Å². The number of aliphatic hydroxyl groups excluding tert-OH is 1. The SMILES string of the molecule is CC(C)Oc1ccc(C(O)CN(C)c2ccccc2)cc1. The Morgan fingerprint density at radius 3 is 2.19 bits per heavy atom. The molecule has 2 aromatic carbocycles. The average molecular weight is 285 g/mol. The lowest BCUT2D eigenvalue weighted by Crippen LogP contribution is -2.24. The maximum absolute atomic E-state index is 10.3. The van der Waals surface area contributed by atoms with Gasteiger partial charge in [-0.05, 0) is 43.7 Å². The number of anilines is 1. The summed E-state index contributed by atoms with van der Waals surface area (Å²) in [5.41, 5.74) is 1.99. The van der Waals surface area contributed by atoms with Gasteiger partial charge in [-0.3, -0.25) is 0 Å². The van der Waals surface area contributed by atoms with Crippen LogP contribution in [0, 0.1) is 0 Å². The Balaban J connectivity index is 1.98. The number of hydrogen-bond acceptors (Lipinski definition) is 3. The van der Waals surface area contributed by atoms with Crippen LogP contribution in [0.1, 0.15) is 25.5 Å². The molecule has 0 amide bonds. The van der Waals surface area contributed by atoms with Gasteiger partial charge in [0, 0.05) is 19.3 Å². The molecule has 3 nitrogen and oxygen atoms in total. The molecular formula is C18H23NO2. The molecule has 0 aliphatic heterocycles. The molecule has 2 rings (SSSR count). The first-order valence-corrected chi connectivity index (χ1v) is 7.27. The van der Waals surface area contributed by atoms with E-state index in [2.05, 4.69) is 0 Å². The van der Waals surface area contributed by atoms with Crippen molar-refractivity contribution in [3.8, 4) is 5.75 Å². The summed E-state index contributed by atoms with van der Waals surface area (Å²) in [6, 6.07) is 17.7. The summed E-state index contributed by atoms with van der Waals surface area (Å²) < 4.78 is 5.61. The Hall–Kier alpha value is -2.00. The molecule has 0 bridgehead atoms. The first kappa shape index (κ1) is 15.4. The molecule has 1 atom stereocenters. The largest absolute Gasteiger partial charge is 0.491 e. The van der Waals surface area contributed by atoms with E-state index in [1.165, 1.54) is 0 Å². The van der Waals surface area contributed by atoms with Gasteiger partial charge in [-0.1, -0.05) is 30.3 Å². The van der Waals surface area contributed by atoms with Gasteiger partial charge < -0.3 is 14.7 Å². The van der Waals surface area contributed by atoms with Crippen LogP contribution in [0.3, 0.4) is 0 Å². The average Bonchev–Trinajstić information content (AvgIpc) is 2.48. The van der Waals surface area contributed by atoms with Crippen LogP contribution in [-0.4, -0.2) is 24.8 Å². The summed E-state index contributed by atoms with van der Waals surface area (Å²) >= 11 is 0. The van der Waals surface area contributed by atoms with Crippen LogP contribution in [0.25, 0.3) is 0 Å². The molecular weight excluding hydrogens is 262 g/mol. The van der Waals surface area contributed by atoms with Gasteiger partial charge in [-0.25, -0.2) is 0 Å². The molecule has 0 saturated heterocycles. The lowest BCUT2D eigenvalue weighted by Gasteiger charge is -2.23. The highest BCUT2D eigenvalue weighted by Crippen LogP contribution is 2.21. The van der Waals surface area contributed by atoms with Crippen molar-refractivity contribution < 1.29 is 9.84 Å². The normalized spacial score (nSPS) is 12.2. The molecule has 0 aliphatic carbocycles. The predicted molar refractivity (Wildman–Crippen MR) is 86.9 cm³/mol. The first-order valence-electron chi connectivity index (χ1n) is 7.27. The lowest BCUT2D eigenvalue weighted by molar-refractivity contribution is 0.184. The molecule has 0 saturated carbocycles. The van der Waals surface area contributed by atoms with Crippen molar-refractivity contribution in [2.24, 2.45) is 0 Å². The standard InChI is InChI=1S/C18H23NO2/c1-14(2)21-17-11-9-15(10-12-17)18(20)13-19(3)16-7-5-4-6-8-16/h4-12,14,18,20H,13H2,1-3H3. The van der Waals surface area contributed by atoms with E-state index in [0.29, 0.717) is 6.54 Å². The van der Waals surface area contributed by atoms with Crippen LogP contribution in [0.15, 0.2) is 54.6 Å². The zero-order valence-corrected chi connectivity index (χ0v) is 12.9. The molecule has 1 unspecified atom stereocenters. The fourth-order valence-electron chi connectivity index (χ4n) is 2.19. The van der Waals surface area contributed by atoms with Crippen LogP contribution >= 0.6 is 0 Å². The number of nitrogens with zero attached hydrogens (tertiary/aromatic N) is 1. The second-order valence-electron chi connectivity index (χ2n) is 5.47. The number of ether oxygens (including phenoxy) is 1. The van der Waals surface area contributed by atoms with Crippen molar-refractivity contribution in [2.45, 2.75) is 26.1 Å². The van der Waals surface area contributed by atoms with E-state index < -0.39 is 6.10 Å². The lowest BCUT2D eigenvalue weighted by atomic mass is 10.1. The predicted octanol–water partition coefficient (Wildman–Crippen LogP) is 3.64. The summed E-state index contributed by atoms with van der Waals surface area (Å²) in [4.78, 5) is 2.04. The Labute approximate surface area is 126 Å². The fraction of sp³-hybridized carbons (Fsp3) is 0.333. The summed E-state index contributed by atoms with van der Waals surface area (Å²) in [7, 11) is 1.98. The van der Waals surface area contributed by atoms with Crippen molar-refractivity contribution >= 4 is 5.69 Å². The van der Waals surface area contributed by atoms with Crippen molar-refractivity contribution in [2.75, 3.05) is 18.5 Å². The zero-order valence-electron chi connectivity index (χ0n) is 12.9. The van der Waals surface area contributed by atoms with Gasteiger partial charge in [0.25, 0.3) is 0 Å². The van der Waals surface area contributed by atoms with Gasteiger partial charge in [0.15, 0.2) is 0 Å². The number of aliphatic hydroxyl groups is 1. The van der Waals surface area contributed by atoms with Gasteiger partial charge in [0.05, 0.1) is 12.2 Å². The number of benzene rings is 2. The third kappa shape index (κ3) is 4.50. The highest BCUT2D eigenvalue weighted by Gasteiger charge is 2.11. The van der Waals surface area contributed by atoms with Crippen molar-refractivity contribution in [3.05, 3.63) is 60.2 Å². The molecule has 1 N–H and O–H groups in total. The topological polar surface area (TPSA) is 32.7 Å². The highest BCUT2D eigenvalue weighted by atomic mass is 16.5. The van der Waals surface area contributed by atoms with E-state index >= 15 is 0 Å². The molecule has 0 radical (unpaired) electrons. The molecule has 0 fully saturated rings. The third-order valence-corrected chi connectivity index (χ3v) is 3.28. The molecule has 0 spiro atoms. The number of hydrogen-bond donors (Lipinski definition) is 1. The monoisotopic (exact) mass is 285 g/mol. The fourth-order valence-corrected chi connectivity index (χ4v) is 2.19. The summed E-state index contributed by atoms with van der Waals surface area (Å²) in [6.45, 7) is 4.55. The Bertz CT molecular complexity index is 537. The molecule has 0 aliphatic rings. The van der Waals surface area contributed by atoms with E-state index in [0.717, 1.165) is 17.0 Å². The van der Waals surface area contributed by atoms with E-state index in [4.69, 9.17) is 4.74 Å². The van der Waals surface area contributed by atoms with Crippen LogP contribution in [-0.2, 0) is 0 Å². The van der Waals surface area contributed by atoms with Gasteiger partial charge in [0.2, 0.25) is 0 Å². The molecule has 0 heterocycles. The maximum Gasteiger partial charge on any atom is 0.119 e. The minimum absolute atomic E-state index is 0.157. The number of rotatable bonds is 6. The van der Waals surface area contributed by atoms with Crippen molar-refractivity contribution in [1.82, 2.24) is 0 Å². The molecule has 0 aromatic heterocycles. The molecule has 21 heavy (non-hydrogen) atoms. The van der Waals surface area contributed by atoms with Crippen LogP contribution < -0.4 is 9.64 Å². The first-order chi connectivity index (χ1) is 10.1. The Morgan fingerprint density at radius 1 is 1.00 bits per heavy atom. The third-order valence-electron chi connectivity index (χ3n) is 3.28. The number of likely N-dealkylation sites (N-methyl/N-ethyl adjacent to an activating group) is 1. The molecule has 3 heteroatoms. The van der Waals surface area contributed by atoms with Gasteiger partial charge in [-0.15, -0.1) is 0 Å². The van der Waals surface area contributed by atoms with E-state index in [9.17, 15) is 5.11 Å². The van der Waals surface area contributed by atoms with Gasteiger partial charge >= 0.3 is 0 Å². The van der Waals surface area contributed by atoms with Crippen LogP contribution in [0.5, 0.6) is 5.75 Å². The van der Waals surface area contributed by atoms with E-state index in [1.54, 1.807) is 0 Å². The van der Waals surface area contributed by atoms with Gasteiger partial charge in [0.1, 0.15) is 5.75 Å². The smallest absolute Gasteiger partial charge is 0.119 e. The summed E-state index contributed by atoms with van der Waals surface area (Å²) in [6.07, 6.45) is -0.367. The molecule has 112 valence electrons. The maximum atomic E-state index is 10.3. The van der Waals surface area contributed by atoms with E-state index in [1.807, 2.05) is 80.4 Å². The summed E-state index contributed by atoms with van der Waals surface area (Å²) in [5, 5.41) is 10.3. The Morgan fingerprint density at radius 2 is 1.62 bits per heavy atom. The van der Waals surface area contributed by atoms with Crippen LogP contribution in [0.2, 0.25) is 0 Å². The second-order valence-corrected chi connectivity index (χ2v) is 5.47. The zero-order chi connectivity index (χ0) is 15.2. The van der Waals surface area contributed by atoms with Crippen molar-refractivity contribution in [1.29, 1.82) is 0 Å². The number of para-hydroxylation sites is 1. The minimum Gasteiger partial charge on any atom is -0.491 e. The van der Waals surface area contributed by atoms with Gasteiger partial charge in [-0.2, -0.15) is 0 Å².